The van der Waals surface area contributed by atoms with Gasteiger partial charge >= 0.3 is 17.2 Å². The van der Waals surface area contributed by atoms with Crippen molar-refractivity contribution in [3.05, 3.63) is 35.9 Å². The predicted molar refractivity (Wildman–Crippen MR) is 138 cm³/mol. The van der Waals surface area contributed by atoms with Gasteiger partial charge in [0.1, 0.15) is 6.04 Å². The zero-order valence-electron chi connectivity index (χ0n) is 20.6. The van der Waals surface area contributed by atoms with E-state index in [0.29, 0.717) is 23.7 Å². The van der Waals surface area contributed by atoms with Crippen molar-refractivity contribution in [3.63, 3.8) is 0 Å². The summed E-state index contributed by atoms with van der Waals surface area (Å²) in [6.45, 7) is 6.94. The summed E-state index contributed by atoms with van der Waals surface area (Å²) in [5, 5.41) is 1.81. The van der Waals surface area contributed by atoms with Crippen LogP contribution in [0.4, 0.5) is 4.79 Å². The number of nitrogens with zero attached hydrogens (tertiary/aromatic N) is 1. The Kier molecular flexibility index (Phi) is 13.1. The molecule has 0 unspecified atom stereocenters. The van der Waals surface area contributed by atoms with E-state index in [-0.39, 0.29) is 12.4 Å². The van der Waals surface area contributed by atoms with Crippen molar-refractivity contribution in [1.82, 2.24) is 10.2 Å². The molecule has 1 aliphatic rings. The van der Waals surface area contributed by atoms with Gasteiger partial charge in [-0.3, -0.25) is 9.69 Å². The van der Waals surface area contributed by atoms with E-state index in [1.54, 1.807) is 44.2 Å². The molecule has 1 heterocycles. The van der Waals surface area contributed by atoms with Gasteiger partial charge in [0.15, 0.2) is 0 Å². The number of amides is 1. The molecule has 36 heavy (non-hydrogen) atoms. The SMILES string of the molecule is CC(C)(S)C(=O)N[C@@H](CSC(=O)OCOC(=O)c1ccccc1)C(=O)OCCCCN1CCOCC1. The fourth-order valence-electron chi connectivity index (χ4n) is 3.02. The number of nitrogens with one attached hydrogen (secondary N) is 1. The minimum absolute atomic E-state index is 0.117. The maximum Gasteiger partial charge on any atom is 0.370 e. The van der Waals surface area contributed by atoms with Crippen molar-refractivity contribution in [2.45, 2.75) is 37.5 Å². The summed E-state index contributed by atoms with van der Waals surface area (Å²) in [5.41, 5.74) is 0.325. The van der Waals surface area contributed by atoms with E-state index >= 15 is 0 Å². The Morgan fingerprint density at radius 3 is 2.44 bits per heavy atom. The third-order valence-electron chi connectivity index (χ3n) is 5.11. The number of thiol groups is 1. The van der Waals surface area contributed by atoms with Crippen LogP contribution >= 0.6 is 24.4 Å². The minimum atomic E-state index is -1.08. The normalized spacial score (nSPS) is 15.0. The molecule has 10 nitrogen and oxygen atoms in total. The summed E-state index contributed by atoms with van der Waals surface area (Å²) in [6.07, 6.45) is 1.53. The monoisotopic (exact) mass is 542 g/mol. The van der Waals surface area contributed by atoms with Gasteiger partial charge < -0.3 is 24.3 Å². The Labute approximate surface area is 221 Å². The third-order valence-corrected chi connectivity index (χ3v) is 6.16. The van der Waals surface area contributed by atoms with Crippen LogP contribution in [-0.2, 0) is 28.5 Å². The third kappa shape index (κ3) is 11.6. The molecule has 0 radical (unpaired) electrons. The number of carbonyl (C=O) groups is 4. The molecule has 0 aromatic heterocycles. The smallest absolute Gasteiger partial charge is 0.370 e. The van der Waals surface area contributed by atoms with Gasteiger partial charge in [0.2, 0.25) is 12.7 Å². The lowest BCUT2D eigenvalue weighted by atomic mass is 10.2. The number of esters is 2. The van der Waals surface area contributed by atoms with Crippen molar-refractivity contribution in [3.8, 4) is 0 Å². The van der Waals surface area contributed by atoms with Crippen LogP contribution in [0.3, 0.4) is 0 Å². The fraction of sp³-hybridized carbons (Fsp3) is 0.583. The molecule has 1 aromatic rings. The molecular formula is C24H34N2O8S2. The first-order valence-electron chi connectivity index (χ1n) is 11.7. The van der Waals surface area contributed by atoms with Crippen molar-refractivity contribution >= 4 is 47.5 Å². The maximum atomic E-state index is 12.6. The van der Waals surface area contributed by atoms with Crippen molar-refractivity contribution in [2.24, 2.45) is 0 Å². The molecule has 1 aliphatic heterocycles. The molecule has 1 aromatic carbocycles. The standard InChI is InChI=1S/C24H34N2O8S2/c1-24(2,35)22(29)25-19(21(28)32-13-7-6-10-26-11-14-31-15-12-26)16-36-23(30)34-17-33-20(27)18-8-4-3-5-9-18/h3-5,8-9,19,35H,6-7,10-17H2,1-2H3,(H,25,29)/t19-/m0/s1. The van der Waals surface area contributed by atoms with Gasteiger partial charge in [-0.25, -0.2) is 14.4 Å². The van der Waals surface area contributed by atoms with E-state index in [1.807, 2.05) is 0 Å². The van der Waals surface area contributed by atoms with Crippen molar-refractivity contribution < 1.29 is 38.1 Å². The minimum Gasteiger partial charge on any atom is -0.464 e. The van der Waals surface area contributed by atoms with Crippen molar-refractivity contribution in [1.29, 1.82) is 0 Å². The maximum absolute atomic E-state index is 12.6. The first-order chi connectivity index (χ1) is 17.2. The van der Waals surface area contributed by atoms with Crippen molar-refractivity contribution in [2.75, 3.05) is 52.0 Å². The molecule has 1 amide bonds. The van der Waals surface area contributed by atoms with Crippen LogP contribution in [0, 0.1) is 0 Å². The lowest BCUT2D eigenvalue weighted by Gasteiger charge is -2.26. The average Bonchev–Trinajstić information content (AvgIpc) is 2.86. The van der Waals surface area contributed by atoms with Crippen LogP contribution in [-0.4, -0.2) is 90.8 Å². The van der Waals surface area contributed by atoms with E-state index in [0.717, 1.165) is 39.3 Å². The zero-order valence-corrected chi connectivity index (χ0v) is 22.3. The summed E-state index contributed by atoms with van der Waals surface area (Å²) in [7, 11) is 0. The molecule has 1 N–H and O–H groups in total. The Morgan fingerprint density at radius 1 is 1.08 bits per heavy atom. The number of hydrogen-bond donors (Lipinski definition) is 2. The number of hydrogen-bond acceptors (Lipinski definition) is 11. The van der Waals surface area contributed by atoms with E-state index < -0.39 is 40.7 Å². The molecule has 1 fully saturated rings. The highest BCUT2D eigenvalue weighted by atomic mass is 32.2. The molecule has 200 valence electrons. The number of unbranched alkanes of at least 4 members (excludes halogenated alkanes) is 1. The van der Waals surface area contributed by atoms with Crippen LogP contribution < -0.4 is 5.32 Å². The molecule has 2 rings (SSSR count). The highest BCUT2D eigenvalue weighted by Crippen LogP contribution is 2.15. The molecule has 12 heteroatoms. The van der Waals surface area contributed by atoms with Crippen LogP contribution in [0.1, 0.15) is 37.0 Å². The van der Waals surface area contributed by atoms with Gasteiger partial charge in [-0.1, -0.05) is 18.2 Å². The fourth-order valence-corrected chi connectivity index (χ4v) is 3.74. The van der Waals surface area contributed by atoms with E-state index in [2.05, 4.69) is 22.8 Å². The highest BCUT2D eigenvalue weighted by Gasteiger charge is 2.30. The van der Waals surface area contributed by atoms with Crippen LogP contribution in [0.25, 0.3) is 0 Å². The Hall–Kier alpha value is -2.28. The first kappa shape index (κ1) is 29.9. The van der Waals surface area contributed by atoms with Crippen LogP contribution in [0.2, 0.25) is 0 Å². The van der Waals surface area contributed by atoms with E-state index in [4.69, 9.17) is 18.9 Å². The number of benzene rings is 1. The highest BCUT2D eigenvalue weighted by molar-refractivity contribution is 8.13. The van der Waals surface area contributed by atoms with E-state index in [9.17, 15) is 19.2 Å². The van der Waals surface area contributed by atoms with Gasteiger partial charge in [-0.2, -0.15) is 12.6 Å². The lowest BCUT2D eigenvalue weighted by Crippen LogP contribution is -2.49. The van der Waals surface area contributed by atoms with Gasteiger partial charge in [0, 0.05) is 18.8 Å². The summed E-state index contributed by atoms with van der Waals surface area (Å²) < 4.78 is 19.4. The average molecular weight is 543 g/mol. The lowest BCUT2D eigenvalue weighted by molar-refractivity contribution is -0.147. The molecular weight excluding hydrogens is 508 g/mol. The number of morpholine rings is 1. The summed E-state index contributed by atoms with van der Waals surface area (Å²) in [5.74, 6) is -1.88. The number of rotatable bonds is 13. The Bertz CT molecular complexity index is 857. The van der Waals surface area contributed by atoms with Gasteiger partial charge in [0.05, 0.1) is 30.1 Å². The summed E-state index contributed by atoms with van der Waals surface area (Å²) in [4.78, 5) is 51.2. The second-order valence-electron chi connectivity index (χ2n) is 8.53. The van der Waals surface area contributed by atoms with Gasteiger partial charge in [-0.05, 0) is 57.1 Å². The molecule has 0 bridgehead atoms. The van der Waals surface area contributed by atoms with E-state index in [1.165, 1.54) is 0 Å². The number of ether oxygens (including phenoxy) is 4. The van der Waals surface area contributed by atoms with Crippen LogP contribution in [0.15, 0.2) is 30.3 Å². The predicted octanol–water partition coefficient (Wildman–Crippen LogP) is 2.52. The molecule has 0 saturated carbocycles. The number of thioether (sulfide) groups is 1. The molecule has 1 atom stereocenters. The zero-order chi connectivity index (χ0) is 26.4. The second kappa shape index (κ2) is 15.7. The largest absolute Gasteiger partial charge is 0.464 e. The van der Waals surface area contributed by atoms with Gasteiger partial charge in [0.25, 0.3) is 0 Å². The second-order valence-corrected chi connectivity index (χ2v) is 10.6. The Morgan fingerprint density at radius 2 is 1.78 bits per heavy atom. The molecule has 0 aliphatic carbocycles. The quantitative estimate of drug-likeness (QED) is 0.166. The Balaban J connectivity index is 1.75. The number of carbonyl (C=O) groups excluding carboxylic acids is 4. The first-order valence-corrected chi connectivity index (χ1v) is 13.1. The van der Waals surface area contributed by atoms with Gasteiger partial charge in [-0.15, -0.1) is 0 Å². The van der Waals surface area contributed by atoms with Crippen LogP contribution in [0.5, 0.6) is 0 Å². The summed E-state index contributed by atoms with van der Waals surface area (Å²) in [6, 6.07) is 7.19. The summed E-state index contributed by atoms with van der Waals surface area (Å²) >= 11 is 4.88. The topological polar surface area (TPSA) is 120 Å². The molecule has 0 spiro atoms. The molecule has 1 saturated heterocycles.